The molecule has 0 N–H and O–H groups in total. The Labute approximate surface area is 368 Å². The van der Waals surface area contributed by atoms with Gasteiger partial charge in [-0.3, -0.25) is 14.4 Å². The van der Waals surface area contributed by atoms with Gasteiger partial charge in [0.2, 0.25) is 0 Å². The molecule has 0 heterocycles. The summed E-state index contributed by atoms with van der Waals surface area (Å²) in [6, 6.07) is 0. The molecule has 0 fully saturated rings. The van der Waals surface area contributed by atoms with Gasteiger partial charge >= 0.3 is 17.9 Å². The first-order chi connectivity index (χ1) is 28.6. The molecular formula is C53H102O6. The van der Waals surface area contributed by atoms with Crippen LogP contribution < -0.4 is 0 Å². The van der Waals surface area contributed by atoms with E-state index in [1.165, 1.54) is 167 Å². The number of rotatable bonds is 46. The second-order valence-corrected chi connectivity index (χ2v) is 19.4. The summed E-state index contributed by atoms with van der Waals surface area (Å²) < 4.78 is 16.8. The number of carbonyl (C=O) groups excluding carboxylic acids is 3. The monoisotopic (exact) mass is 835 g/mol. The van der Waals surface area contributed by atoms with Gasteiger partial charge < -0.3 is 14.2 Å². The number of ether oxygens (including phenoxy) is 3. The molecule has 0 aromatic rings. The molecule has 0 aliphatic heterocycles. The van der Waals surface area contributed by atoms with E-state index in [4.69, 9.17) is 14.2 Å². The molecule has 0 saturated heterocycles. The van der Waals surface area contributed by atoms with Crippen LogP contribution in [0.2, 0.25) is 0 Å². The van der Waals surface area contributed by atoms with Crippen LogP contribution in [0, 0.1) is 17.8 Å². The smallest absolute Gasteiger partial charge is 0.306 e. The van der Waals surface area contributed by atoms with Crippen LogP contribution in [0.1, 0.15) is 286 Å². The van der Waals surface area contributed by atoms with E-state index >= 15 is 0 Å². The summed E-state index contributed by atoms with van der Waals surface area (Å²) in [7, 11) is 0. The highest BCUT2D eigenvalue weighted by atomic mass is 16.6. The molecule has 0 saturated carbocycles. The van der Waals surface area contributed by atoms with Crippen molar-refractivity contribution in [2.45, 2.75) is 292 Å². The maximum Gasteiger partial charge on any atom is 0.306 e. The van der Waals surface area contributed by atoms with Gasteiger partial charge in [0.05, 0.1) is 0 Å². The molecular weight excluding hydrogens is 733 g/mol. The lowest BCUT2D eigenvalue weighted by Gasteiger charge is -2.18. The summed E-state index contributed by atoms with van der Waals surface area (Å²) in [5.41, 5.74) is 0. The van der Waals surface area contributed by atoms with Crippen LogP contribution in [0.25, 0.3) is 0 Å². The molecule has 59 heavy (non-hydrogen) atoms. The minimum Gasteiger partial charge on any atom is -0.462 e. The van der Waals surface area contributed by atoms with Crippen molar-refractivity contribution >= 4 is 17.9 Å². The molecule has 0 aliphatic rings. The van der Waals surface area contributed by atoms with Crippen LogP contribution in [-0.4, -0.2) is 37.2 Å². The second kappa shape index (κ2) is 44.5. The maximum absolute atomic E-state index is 12.8. The average Bonchev–Trinajstić information content (AvgIpc) is 3.20. The lowest BCUT2D eigenvalue weighted by molar-refractivity contribution is -0.167. The molecule has 1 unspecified atom stereocenters. The number of hydrogen-bond acceptors (Lipinski definition) is 6. The minimum absolute atomic E-state index is 0.0648. The molecule has 0 radical (unpaired) electrons. The Hall–Kier alpha value is -1.59. The van der Waals surface area contributed by atoms with Crippen molar-refractivity contribution < 1.29 is 28.6 Å². The van der Waals surface area contributed by atoms with E-state index < -0.39 is 6.10 Å². The Morgan fingerprint density at radius 1 is 0.339 bits per heavy atom. The third kappa shape index (κ3) is 45.8. The Balaban J connectivity index is 4.33. The number of esters is 3. The molecule has 6 heteroatoms. The van der Waals surface area contributed by atoms with Gasteiger partial charge in [0, 0.05) is 19.3 Å². The fourth-order valence-corrected chi connectivity index (χ4v) is 7.91. The molecule has 0 rings (SSSR count). The van der Waals surface area contributed by atoms with Crippen LogP contribution >= 0.6 is 0 Å². The van der Waals surface area contributed by atoms with Crippen LogP contribution in [0.5, 0.6) is 0 Å². The van der Waals surface area contributed by atoms with Gasteiger partial charge in [0.15, 0.2) is 6.10 Å². The van der Waals surface area contributed by atoms with Gasteiger partial charge in [-0.25, -0.2) is 0 Å². The molecule has 0 aromatic heterocycles. The van der Waals surface area contributed by atoms with E-state index in [1.54, 1.807) is 0 Å². The van der Waals surface area contributed by atoms with Gasteiger partial charge in [-0.1, -0.05) is 247 Å². The number of hydrogen-bond donors (Lipinski definition) is 0. The molecule has 350 valence electrons. The fraction of sp³-hybridized carbons (Fsp3) is 0.943. The minimum atomic E-state index is -0.763. The molecule has 0 aliphatic carbocycles. The van der Waals surface area contributed by atoms with Gasteiger partial charge in [0.25, 0.3) is 0 Å². The predicted octanol–water partition coefficient (Wildman–Crippen LogP) is 16.8. The van der Waals surface area contributed by atoms with Crippen molar-refractivity contribution in [3.63, 3.8) is 0 Å². The van der Waals surface area contributed by atoms with Crippen LogP contribution in [0.15, 0.2) is 0 Å². The lowest BCUT2D eigenvalue weighted by atomic mass is 9.99. The largest absolute Gasteiger partial charge is 0.462 e. The standard InChI is InChI=1S/C53H102O6/c1-7-49(6)41-35-29-23-17-12-14-19-25-31-37-43-52(55)58-46-50(59-53(56)44-38-32-26-20-13-11-16-22-28-34-40-48(4)5)45-57-51(54)42-36-30-24-18-10-8-9-15-21-27-33-39-47(2)3/h47-50H,7-46H2,1-6H3/t49?,50-/m1/s1. The van der Waals surface area contributed by atoms with Crippen molar-refractivity contribution in [1.29, 1.82) is 0 Å². The molecule has 0 amide bonds. The highest BCUT2D eigenvalue weighted by Gasteiger charge is 2.19. The van der Waals surface area contributed by atoms with Crippen LogP contribution in [-0.2, 0) is 28.6 Å². The molecule has 0 aromatic carbocycles. The lowest BCUT2D eigenvalue weighted by Crippen LogP contribution is -2.30. The maximum atomic E-state index is 12.8. The second-order valence-electron chi connectivity index (χ2n) is 19.4. The van der Waals surface area contributed by atoms with Gasteiger partial charge in [-0.15, -0.1) is 0 Å². The zero-order valence-electron chi connectivity index (χ0n) is 40.5. The summed E-state index contributed by atoms with van der Waals surface area (Å²) in [4.78, 5) is 38.0. The van der Waals surface area contributed by atoms with E-state index in [2.05, 4.69) is 41.5 Å². The summed E-state index contributed by atoms with van der Waals surface area (Å²) in [6.07, 6.45) is 43.7. The first kappa shape index (κ1) is 57.4. The van der Waals surface area contributed by atoms with Crippen molar-refractivity contribution in [2.75, 3.05) is 13.2 Å². The summed E-state index contributed by atoms with van der Waals surface area (Å²) >= 11 is 0. The number of carbonyl (C=O) groups is 3. The first-order valence-corrected chi connectivity index (χ1v) is 26.1. The Bertz CT molecular complexity index is 916. The van der Waals surface area contributed by atoms with Crippen molar-refractivity contribution in [1.82, 2.24) is 0 Å². The quantitative estimate of drug-likeness (QED) is 0.0345. The normalized spacial score (nSPS) is 12.6. The van der Waals surface area contributed by atoms with Crippen molar-refractivity contribution in [3.8, 4) is 0 Å². The Morgan fingerprint density at radius 3 is 0.881 bits per heavy atom. The zero-order chi connectivity index (χ0) is 43.4. The summed E-state index contributed by atoms with van der Waals surface area (Å²) in [5.74, 6) is 1.66. The average molecular weight is 835 g/mol. The molecule has 6 nitrogen and oxygen atoms in total. The highest BCUT2D eigenvalue weighted by molar-refractivity contribution is 5.71. The Morgan fingerprint density at radius 2 is 0.593 bits per heavy atom. The first-order valence-electron chi connectivity index (χ1n) is 26.1. The van der Waals surface area contributed by atoms with Gasteiger partial charge in [-0.2, -0.15) is 0 Å². The third-order valence-corrected chi connectivity index (χ3v) is 12.3. The SMILES string of the molecule is CCC(C)CCCCCCCCCCCCC(=O)OC[C@@H](COC(=O)CCCCCCCCCCCCCC(C)C)OC(=O)CCCCCCCCCCCCC(C)C. The predicted molar refractivity (Wildman–Crippen MR) is 252 cm³/mol. The van der Waals surface area contributed by atoms with E-state index in [0.29, 0.717) is 19.3 Å². The molecule has 0 spiro atoms. The number of unbranched alkanes of at least 4 members (excludes halogenated alkanes) is 28. The van der Waals surface area contributed by atoms with Crippen LogP contribution in [0.4, 0.5) is 0 Å². The van der Waals surface area contributed by atoms with Crippen LogP contribution in [0.3, 0.4) is 0 Å². The van der Waals surface area contributed by atoms with Gasteiger partial charge in [0.1, 0.15) is 13.2 Å². The molecule has 0 bridgehead atoms. The Kier molecular flexibility index (Phi) is 43.3. The summed E-state index contributed by atoms with van der Waals surface area (Å²) in [6.45, 7) is 13.7. The topological polar surface area (TPSA) is 78.9 Å². The van der Waals surface area contributed by atoms with Crippen molar-refractivity contribution in [3.05, 3.63) is 0 Å². The van der Waals surface area contributed by atoms with E-state index in [0.717, 1.165) is 75.5 Å². The fourth-order valence-electron chi connectivity index (χ4n) is 7.91. The molecule has 2 atom stereocenters. The van der Waals surface area contributed by atoms with E-state index in [9.17, 15) is 14.4 Å². The van der Waals surface area contributed by atoms with Gasteiger partial charge in [-0.05, 0) is 37.0 Å². The highest BCUT2D eigenvalue weighted by Crippen LogP contribution is 2.18. The van der Waals surface area contributed by atoms with E-state index in [-0.39, 0.29) is 31.1 Å². The van der Waals surface area contributed by atoms with Crippen molar-refractivity contribution in [2.24, 2.45) is 17.8 Å². The summed E-state index contributed by atoms with van der Waals surface area (Å²) in [5, 5.41) is 0. The zero-order valence-corrected chi connectivity index (χ0v) is 40.5. The third-order valence-electron chi connectivity index (χ3n) is 12.3. The van der Waals surface area contributed by atoms with E-state index in [1.807, 2.05) is 0 Å².